The van der Waals surface area contributed by atoms with Crippen molar-refractivity contribution >= 4 is 5.91 Å². The van der Waals surface area contributed by atoms with Crippen LogP contribution < -0.4 is 5.73 Å². The van der Waals surface area contributed by atoms with Crippen molar-refractivity contribution in [3.63, 3.8) is 0 Å². The summed E-state index contributed by atoms with van der Waals surface area (Å²) in [4.78, 5) is 13.9. The van der Waals surface area contributed by atoms with Gasteiger partial charge in [0, 0.05) is 6.54 Å². The molecule has 15 heavy (non-hydrogen) atoms. The molecule has 2 atom stereocenters. The van der Waals surface area contributed by atoms with Crippen molar-refractivity contribution in [2.75, 3.05) is 19.8 Å². The molecule has 1 aliphatic rings. The van der Waals surface area contributed by atoms with E-state index in [-0.39, 0.29) is 17.4 Å². The quantitative estimate of drug-likeness (QED) is 0.695. The van der Waals surface area contributed by atoms with Gasteiger partial charge in [-0.15, -0.1) is 0 Å². The number of morpholine rings is 1. The summed E-state index contributed by atoms with van der Waals surface area (Å²) in [6.45, 7) is 9.84. The van der Waals surface area contributed by atoms with Gasteiger partial charge in [-0.2, -0.15) is 0 Å². The van der Waals surface area contributed by atoms with Crippen LogP contribution in [0.1, 0.15) is 27.7 Å². The Bertz CT molecular complexity index is 235. The average Bonchev–Trinajstić information content (AvgIpc) is 2.15. The topological polar surface area (TPSA) is 55.6 Å². The second-order valence-corrected chi connectivity index (χ2v) is 5.30. The lowest BCUT2D eigenvalue weighted by atomic mass is 9.86. The van der Waals surface area contributed by atoms with Crippen LogP contribution in [0.25, 0.3) is 0 Å². The fourth-order valence-electron chi connectivity index (χ4n) is 1.60. The third-order valence-corrected chi connectivity index (χ3v) is 2.85. The van der Waals surface area contributed by atoms with Gasteiger partial charge in [0.05, 0.1) is 25.3 Å². The lowest BCUT2D eigenvalue weighted by Gasteiger charge is -2.38. The molecular weight excluding hydrogens is 192 g/mol. The number of ether oxygens (including phenoxy) is 1. The molecule has 0 radical (unpaired) electrons. The summed E-state index contributed by atoms with van der Waals surface area (Å²) in [6, 6.07) is -0.294. The smallest absolute Gasteiger partial charge is 0.240 e. The zero-order valence-corrected chi connectivity index (χ0v) is 10.1. The zero-order chi connectivity index (χ0) is 11.6. The maximum Gasteiger partial charge on any atom is 0.240 e. The molecule has 1 amide bonds. The van der Waals surface area contributed by atoms with Crippen LogP contribution in [-0.2, 0) is 9.53 Å². The van der Waals surface area contributed by atoms with Crippen LogP contribution >= 0.6 is 0 Å². The first-order valence-electron chi connectivity index (χ1n) is 5.48. The standard InChI is InChI=1S/C11H22N2O2/c1-8-7-15-6-5-13(8)10(14)9(12)11(2,3)4/h8-9H,5-7,12H2,1-4H3/t8?,9-/m1/s1. The molecule has 1 rings (SSSR count). The van der Waals surface area contributed by atoms with E-state index in [0.717, 1.165) is 0 Å². The van der Waals surface area contributed by atoms with E-state index in [9.17, 15) is 4.79 Å². The predicted octanol–water partition coefficient (Wildman–Crippen LogP) is 0.607. The van der Waals surface area contributed by atoms with Crippen LogP contribution in [0, 0.1) is 5.41 Å². The number of rotatable bonds is 1. The van der Waals surface area contributed by atoms with Crippen molar-refractivity contribution in [1.82, 2.24) is 4.90 Å². The summed E-state index contributed by atoms with van der Waals surface area (Å²) in [5, 5.41) is 0. The van der Waals surface area contributed by atoms with Crippen molar-refractivity contribution in [2.24, 2.45) is 11.1 Å². The molecule has 0 spiro atoms. The molecule has 4 nitrogen and oxygen atoms in total. The summed E-state index contributed by atoms with van der Waals surface area (Å²) in [7, 11) is 0. The number of hydrogen-bond donors (Lipinski definition) is 1. The fourth-order valence-corrected chi connectivity index (χ4v) is 1.60. The van der Waals surface area contributed by atoms with Crippen LogP contribution in [0.15, 0.2) is 0 Å². The monoisotopic (exact) mass is 214 g/mol. The van der Waals surface area contributed by atoms with E-state index in [1.807, 2.05) is 32.6 Å². The Balaban J connectivity index is 2.66. The Morgan fingerprint density at radius 3 is 2.60 bits per heavy atom. The highest BCUT2D eigenvalue weighted by Gasteiger charge is 2.34. The lowest BCUT2D eigenvalue weighted by molar-refractivity contribution is -0.142. The molecule has 1 aliphatic heterocycles. The van der Waals surface area contributed by atoms with Crippen LogP contribution in [0.5, 0.6) is 0 Å². The second kappa shape index (κ2) is 4.49. The highest BCUT2D eigenvalue weighted by atomic mass is 16.5. The van der Waals surface area contributed by atoms with E-state index in [1.165, 1.54) is 0 Å². The van der Waals surface area contributed by atoms with Gasteiger partial charge < -0.3 is 15.4 Å². The number of carbonyl (C=O) groups is 1. The van der Waals surface area contributed by atoms with Crippen LogP contribution in [-0.4, -0.2) is 42.6 Å². The molecule has 0 saturated carbocycles. The van der Waals surface area contributed by atoms with Crippen molar-refractivity contribution in [2.45, 2.75) is 39.8 Å². The first-order valence-corrected chi connectivity index (χ1v) is 5.48. The largest absolute Gasteiger partial charge is 0.377 e. The van der Waals surface area contributed by atoms with Gasteiger partial charge in [-0.1, -0.05) is 20.8 Å². The Morgan fingerprint density at radius 1 is 1.53 bits per heavy atom. The summed E-state index contributed by atoms with van der Waals surface area (Å²) < 4.78 is 5.29. The minimum absolute atomic E-state index is 0.0401. The number of nitrogens with two attached hydrogens (primary N) is 1. The highest BCUT2D eigenvalue weighted by Crippen LogP contribution is 2.20. The first-order chi connectivity index (χ1) is 6.84. The third kappa shape index (κ3) is 2.92. The van der Waals surface area contributed by atoms with Gasteiger partial charge in [0.2, 0.25) is 5.91 Å². The fraction of sp³-hybridized carbons (Fsp3) is 0.909. The second-order valence-electron chi connectivity index (χ2n) is 5.30. The molecule has 1 unspecified atom stereocenters. The maximum atomic E-state index is 12.1. The van der Waals surface area contributed by atoms with Crippen molar-refractivity contribution in [1.29, 1.82) is 0 Å². The van der Waals surface area contributed by atoms with E-state index >= 15 is 0 Å². The molecule has 1 heterocycles. The Hall–Kier alpha value is -0.610. The number of amides is 1. The number of nitrogens with zero attached hydrogens (tertiary/aromatic N) is 1. The average molecular weight is 214 g/mol. The van der Waals surface area contributed by atoms with Crippen molar-refractivity contribution in [3.8, 4) is 0 Å². The summed E-state index contributed by atoms with van der Waals surface area (Å²) in [6.07, 6.45) is 0. The lowest BCUT2D eigenvalue weighted by Crippen LogP contribution is -2.56. The third-order valence-electron chi connectivity index (χ3n) is 2.85. The van der Waals surface area contributed by atoms with Crippen LogP contribution in [0.4, 0.5) is 0 Å². The van der Waals surface area contributed by atoms with E-state index in [2.05, 4.69) is 0 Å². The van der Waals surface area contributed by atoms with Gasteiger partial charge in [0.1, 0.15) is 0 Å². The summed E-state index contributed by atoms with van der Waals surface area (Å²) in [5.41, 5.74) is 5.77. The Labute approximate surface area is 91.8 Å². The van der Waals surface area contributed by atoms with Crippen molar-refractivity contribution in [3.05, 3.63) is 0 Å². The van der Waals surface area contributed by atoms with Crippen LogP contribution in [0.3, 0.4) is 0 Å². The molecule has 0 bridgehead atoms. The Morgan fingerprint density at radius 2 is 2.13 bits per heavy atom. The minimum Gasteiger partial charge on any atom is -0.377 e. The molecule has 88 valence electrons. The summed E-state index contributed by atoms with van der Waals surface area (Å²) >= 11 is 0. The summed E-state index contributed by atoms with van der Waals surface area (Å²) in [5.74, 6) is 0.0401. The molecule has 0 aromatic rings. The van der Waals surface area contributed by atoms with Gasteiger partial charge in [0.25, 0.3) is 0 Å². The maximum absolute atomic E-state index is 12.1. The number of hydrogen-bond acceptors (Lipinski definition) is 3. The van der Waals surface area contributed by atoms with E-state index in [0.29, 0.717) is 19.8 Å². The molecule has 2 N–H and O–H groups in total. The zero-order valence-electron chi connectivity index (χ0n) is 10.1. The van der Waals surface area contributed by atoms with E-state index in [1.54, 1.807) is 0 Å². The van der Waals surface area contributed by atoms with Gasteiger partial charge >= 0.3 is 0 Å². The first kappa shape index (κ1) is 12.5. The highest BCUT2D eigenvalue weighted by molar-refractivity contribution is 5.82. The van der Waals surface area contributed by atoms with Gasteiger partial charge in [0.15, 0.2) is 0 Å². The number of carbonyl (C=O) groups excluding carboxylic acids is 1. The SMILES string of the molecule is CC1COCCN1C(=O)[C@@H](N)C(C)(C)C. The predicted molar refractivity (Wildman–Crippen MR) is 59.4 cm³/mol. The normalized spacial score (nSPS) is 25.1. The molecule has 0 aromatic carbocycles. The van der Waals surface area contributed by atoms with Gasteiger partial charge in [-0.3, -0.25) is 4.79 Å². The van der Waals surface area contributed by atoms with Crippen molar-refractivity contribution < 1.29 is 9.53 Å². The van der Waals surface area contributed by atoms with Crippen LogP contribution in [0.2, 0.25) is 0 Å². The molecule has 0 aliphatic carbocycles. The molecule has 1 saturated heterocycles. The molecule has 1 fully saturated rings. The minimum atomic E-state index is -0.432. The molecule has 0 aromatic heterocycles. The van der Waals surface area contributed by atoms with E-state index in [4.69, 9.17) is 10.5 Å². The molecule has 4 heteroatoms. The van der Waals surface area contributed by atoms with Gasteiger partial charge in [-0.25, -0.2) is 0 Å². The van der Waals surface area contributed by atoms with Gasteiger partial charge in [-0.05, 0) is 12.3 Å². The Kier molecular flexibility index (Phi) is 3.73. The molecular formula is C11H22N2O2. The van der Waals surface area contributed by atoms with E-state index < -0.39 is 6.04 Å².